The van der Waals surface area contributed by atoms with Crippen molar-refractivity contribution in [1.29, 1.82) is 0 Å². The number of anilines is 1. The third kappa shape index (κ3) is 4.99. The smallest absolute Gasteiger partial charge is 0.170 e. The predicted molar refractivity (Wildman–Crippen MR) is 117 cm³/mol. The first-order valence-electron chi connectivity index (χ1n) is 9.57. The van der Waals surface area contributed by atoms with E-state index in [-0.39, 0.29) is 0 Å². The van der Waals surface area contributed by atoms with Gasteiger partial charge in [0.1, 0.15) is 5.75 Å². The van der Waals surface area contributed by atoms with E-state index < -0.39 is 0 Å². The van der Waals surface area contributed by atoms with E-state index in [2.05, 4.69) is 59.7 Å². The standard InChI is InChI=1S/C22H29N3OS/c1-16-7-6-8-20(17(16)2)24-22(27)23-15-21(25-13-4-5-14-25)18-9-11-19(26-3)12-10-18/h6-12,21H,4-5,13-15H2,1-3H3,(H2,23,24,27). The Kier molecular flexibility index (Phi) is 6.69. The van der Waals surface area contributed by atoms with Crippen LogP contribution in [0.1, 0.15) is 35.6 Å². The minimum Gasteiger partial charge on any atom is -0.497 e. The Morgan fingerprint density at radius 2 is 1.81 bits per heavy atom. The fourth-order valence-electron chi connectivity index (χ4n) is 3.58. The predicted octanol–water partition coefficient (Wildman–Crippen LogP) is 4.44. The van der Waals surface area contributed by atoms with E-state index in [0.717, 1.165) is 31.1 Å². The minimum atomic E-state index is 0.303. The van der Waals surface area contributed by atoms with Gasteiger partial charge in [-0.3, -0.25) is 4.90 Å². The Morgan fingerprint density at radius 1 is 1.11 bits per heavy atom. The average molecular weight is 384 g/mol. The quantitative estimate of drug-likeness (QED) is 0.722. The van der Waals surface area contributed by atoms with Crippen molar-refractivity contribution in [2.24, 2.45) is 0 Å². The first-order valence-corrected chi connectivity index (χ1v) is 9.98. The maximum absolute atomic E-state index is 5.56. The Hall–Kier alpha value is -2.11. The zero-order valence-corrected chi connectivity index (χ0v) is 17.2. The van der Waals surface area contributed by atoms with Gasteiger partial charge < -0.3 is 15.4 Å². The molecule has 0 bridgehead atoms. The number of rotatable bonds is 6. The van der Waals surface area contributed by atoms with E-state index >= 15 is 0 Å². The lowest BCUT2D eigenvalue weighted by molar-refractivity contribution is 0.246. The zero-order valence-electron chi connectivity index (χ0n) is 16.4. The van der Waals surface area contributed by atoms with Gasteiger partial charge in [-0.15, -0.1) is 0 Å². The molecule has 2 N–H and O–H groups in total. The highest BCUT2D eigenvalue weighted by Crippen LogP contribution is 2.26. The Morgan fingerprint density at radius 3 is 2.48 bits per heavy atom. The van der Waals surface area contributed by atoms with E-state index in [0.29, 0.717) is 11.2 Å². The van der Waals surface area contributed by atoms with Gasteiger partial charge >= 0.3 is 0 Å². The molecule has 1 aliphatic rings. The second kappa shape index (κ2) is 9.20. The fraction of sp³-hybridized carbons (Fsp3) is 0.409. The van der Waals surface area contributed by atoms with Gasteiger partial charge in [0.2, 0.25) is 0 Å². The zero-order chi connectivity index (χ0) is 19.2. The van der Waals surface area contributed by atoms with Crippen molar-refractivity contribution >= 4 is 23.0 Å². The Balaban J connectivity index is 1.66. The molecule has 1 heterocycles. The number of aryl methyl sites for hydroxylation is 1. The van der Waals surface area contributed by atoms with Crippen LogP contribution in [-0.4, -0.2) is 36.8 Å². The molecule has 0 radical (unpaired) electrons. The third-order valence-corrected chi connectivity index (χ3v) is 5.64. The van der Waals surface area contributed by atoms with Crippen LogP contribution in [0.4, 0.5) is 5.69 Å². The van der Waals surface area contributed by atoms with E-state index in [1.165, 1.54) is 29.5 Å². The van der Waals surface area contributed by atoms with Crippen molar-refractivity contribution < 1.29 is 4.74 Å². The van der Waals surface area contributed by atoms with Crippen LogP contribution in [0.3, 0.4) is 0 Å². The van der Waals surface area contributed by atoms with Crippen LogP contribution in [0.25, 0.3) is 0 Å². The van der Waals surface area contributed by atoms with Crippen LogP contribution in [-0.2, 0) is 0 Å². The summed E-state index contributed by atoms with van der Waals surface area (Å²) in [7, 11) is 1.70. The molecule has 5 heteroatoms. The molecule has 0 aliphatic carbocycles. The summed E-state index contributed by atoms with van der Waals surface area (Å²) in [4.78, 5) is 2.54. The summed E-state index contributed by atoms with van der Waals surface area (Å²) in [5.74, 6) is 0.888. The van der Waals surface area contributed by atoms with E-state index in [1.54, 1.807) is 7.11 Å². The number of ether oxygens (including phenoxy) is 1. The lowest BCUT2D eigenvalue weighted by Gasteiger charge is -2.29. The van der Waals surface area contributed by atoms with E-state index in [4.69, 9.17) is 17.0 Å². The molecule has 2 aromatic rings. The van der Waals surface area contributed by atoms with Crippen molar-refractivity contribution in [3.8, 4) is 5.75 Å². The lowest BCUT2D eigenvalue weighted by Crippen LogP contribution is -2.38. The van der Waals surface area contributed by atoms with Gasteiger partial charge in [-0.25, -0.2) is 0 Å². The molecule has 27 heavy (non-hydrogen) atoms. The maximum Gasteiger partial charge on any atom is 0.170 e. The first kappa shape index (κ1) is 19.6. The van der Waals surface area contributed by atoms with Crippen molar-refractivity contribution in [2.45, 2.75) is 32.7 Å². The highest BCUT2D eigenvalue weighted by Gasteiger charge is 2.23. The number of hydrogen-bond donors (Lipinski definition) is 2. The topological polar surface area (TPSA) is 36.5 Å². The van der Waals surface area contributed by atoms with Crippen LogP contribution < -0.4 is 15.4 Å². The summed E-state index contributed by atoms with van der Waals surface area (Å²) in [6.45, 7) is 7.28. The summed E-state index contributed by atoms with van der Waals surface area (Å²) < 4.78 is 5.30. The van der Waals surface area contributed by atoms with Crippen LogP contribution in [0.2, 0.25) is 0 Å². The van der Waals surface area contributed by atoms with Gasteiger partial charge in [0, 0.05) is 12.2 Å². The number of methoxy groups -OCH3 is 1. The SMILES string of the molecule is COc1ccc(C(CNC(=S)Nc2cccc(C)c2C)N2CCCC2)cc1. The summed E-state index contributed by atoms with van der Waals surface area (Å²) >= 11 is 5.56. The Bertz CT molecular complexity index is 770. The van der Waals surface area contributed by atoms with Crippen molar-refractivity contribution in [1.82, 2.24) is 10.2 Å². The number of nitrogens with zero attached hydrogens (tertiary/aromatic N) is 1. The monoisotopic (exact) mass is 383 g/mol. The highest BCUT2D eigenvalue weighted by molar-refractivity contribution is 7.80. The molecule has 0 amide bonds. The second-order valence-electron chi connectivity index (χ2n) is 7.11. The molecule has 0 spiro atoms. The third-order valence-electron chi connectivity index (χ3n) is 5.39. The largest absolute Gasteiger partial charge is 0.497 e. The van der Waals surface area contributed by atoms with Gasteiger partial charge in [-0.2, -0.15) is 0 Å². The number of nitrogens with one attached hydrogen (secondary N) is 2. The number of likely N-dealkylation sites (tertiary alicyclic amines) is 1. The molecular weight excluding hydrogens is 354 g/mol. The summed E-state index contributed by atoms with van der Waals surface area (Å²) in [5, 5.41) is 7.45. The minimum absolute atomic E-state index is 0.303. The van der Waals surface area contributed by atoms with Gasteiger partial charge in [0.05, 0.1) is 13.2 Å². The number of hydrogen-bond acceptors (Lipinski definition) is 3. The van der Waals surface area contributed by atoms with E-state index in [9.17, 15) is 0 Å². The van der Waals surface area contributed by atoms with Gasteiger partial charge in [0.15, 0.2) is 5.11 Å². The first-order chi connectivity index (χ1) is 13.1. The molecule has 1 unspecified atom stereocenters. The van der Waals surface area contributed by atoms with Gasteiger partial charge in [-0.1, -0.05) is 24.3 Å². The summed E-state index contributed by atoms with van der Waals surface area (Å²) in [6.07, 6.45) is 2.52. The van der Waals surface area contributed by atoms with Gasteiger partial charge in [0.25, 0.3) is 0 Å². The molecule has 0 saturated carbocycles. The molecular formula is C22H29N3OS. The van der Waals surface area contributed by atoms with Crippen LogP contribution in [0.5, 0.6) is 5.75 Å². The molecule has 0 aromatic heterocycles. The molecule has 3 rings (SSSR count). The van der Waals surface area contributed by atoms with Crippen LogP contribution >= 0.6 is 12.2 Å². The van der Waals surface area contributed by atoms with Crippen molar-refractivity contribution in [3.63, 3.8) is 0 Å². The lowest BCUT2D eigenvalue weighted by atomic mass is 10.1. The van der Waals surface area contributed by atoms with Gasteiger partial charge in [-0.05, 0) is 86.9 Å². The maximum atomic E-state index is 5.56. The number of benzene rings is 2. The fourth-order valence-corrected chi connectivity index (χ4v) is 3.77. The van der Waals surface area contributed by atoms with Crippen molar-refractivity contribution in [2.75, 3.05) is 32.1 Å². The highest BCUT2D eigenvalue weighted by atomic mass is 32.1. The molecule has 4 nitrogen and oxygen atoms in total. The average Bonchev–Trinajstić information content (AvgIpc) is 3.20. The molecule has 1 atom stereocenters. The summed E-state index contributed by atoms with van der Waals surface area (Å²) in [5.41, 5.74) is 4.85. The molecule has 144 valence electrons. The second-order valence-corrected chi connectivity index (χ2v) is 7.52. The van der Waals surface area contributed by atoms with Crippen LogP contribution in [0.15, 0.2) is 42.5 Å². The number of thiocarbonyl (C=S) groups is 1. The Labute approximate surface area is 167 Å². The molecule has 1 saturated heterocycles. The molecule has 2 aromatic carbocycles. The van der Waals surface area contributed by atoms with E-state index in [1.807, 2.05) is 12.1 Å². The molecule has 1 aliphatic heterocycles. The molecule has 1 fully saturated rings. The van der Waals surface area contributed by atoms with Crippen LogP contribution in [0, 0.1) is 13.8 Å². The normalized spacial score (nSPS) is 15.4. The summed E-state index contributed by atoms with van der Waals surface area (Å²) in [6, 6.07) is 14.9. The van der Waals surface area contributed by atoms with Crippen molar-refractivity contribution in [3.05, 3.63) is 59.2 Å².